The Bertz CT molecular complexity index is 2230. The van der Waals surface area contributed by atoms with E-state index in [1.807, 2.05) is 47.6 Å². The lowest BCUT2D eigenvalue weighted by molar-refractivity contribution is 0.0706. The number of halogens is 1. The van der Waals surface area contributed by atoms with Gasteiger partial charge in [-0.15, -0.1) is 0 Å². The first-order valence-electron chi connectivity index (χ1n) is 20.4. The predicted molar refractivity (Wildman–Crippen MR) is 225 cm³/mol. The number of anilines is 2. The van der Waals surface area contributed by atoms with Crippen LogP contribution in [0.3, 0.4) is 0 Å². The molecular weight excluding hydrogens is 714 g/mol. The van der Waals surface area contributed by atoms with Crippen molar-refractivity contribution in [2.45, 2.75) is 84.0 Å². The average Bonchev–Trinajstić information content (AvgIpc) is 3.63. The van der Waals surface area contributed by atoms with E-state index in [1.54, 1.807) is 6.07 Å². The van der Waals surface area contributed by atoms with Crippen LogP contribution in [0.5, 0.6) is 0 Å². The summed E-state index contributed by atoms with van der Waals surface area (Å²) in [6.07, 6.45) is 9.94. The Kier molecular flexibility index (Phi) is 11.2. The average molecular weight is 768 g/mol. The summed E-state index contributed by atoms with van der Waals surface area (Å²) in [6.45, 7) is 13.0. The molecule has 3 aliphatic heterocycles. The van der Waals surface area contributed by atoms with Crippen molar-refractivity contribution in [1.82, 2.24) is 34.4 Å². The number of carbonyl (C=O) groups is 1. The number of aryl methyl sites for hydroxylation is 1. The van der Waals surface area contributed by atoms with Gasteiger partial charge in [0, 0.05) is 59.6 Å². The minimum atomic E-state index is -0.201. The lowest BCUT2D eigenvalue weighted by atomic mass is 9.88. The topological polar surface area (TPSA) is 122 Å². The molecular formula is C46H54FN9O. The van der Waals surface area contributed by atoms with Crippen LogP contribution in [-0.2, 0) is 19.6 Å². The first-order chi connectivity index (χ1) is 27.6. The van der Waals surface area contributed by atoms with Gasteiger partial charge in [-0.25, -0.2) is 9.37 Å². The zero-order chi connectivity index (χ0) is 39.6. The molecule has 2 fully saturated rings. The number of nitrogens with two attached hydrogens (primary N) is 2. The highest BCUT2D eigenvalue weighted by Gasteiger charge is 2.28. The van der Waals surface area contributed by atoms with Crippen molar-refractivity contribution >= 4 is 23.5 Å². The number of piperidine rings is 2. The second-order valence-electron chi connectivity index (χ2n) is 16.2. The first kappa shape index (κ1) is 38.5. The van der Waals surface area contributed by atoms with Gasteiger partial charge < -0.3 is 16.4 Å². The summed E-state index contributed by atoms with van der Waals surface area (Å²) in [7, 11) is 0. The zero-order valence-electron chi connectivity index (χ0n) is 33.4. The molecule has 8 rings (SSSR count). The monoisotopic (exact) mass is 767 g/mol. The maximum Gasteiger partial charge on any atom is 0.254 e. The summed E-state index contributed by atoms with van der Waals surface area (Å²) in [5, 5.41) is 4.89. The lowest BCUT2D eigenvalue weighted by Gasteiger charge is -2.37. The Morgan fingerprint density at radius 2 is 1.65 bits per heavy atom. The summed E-state index contributed by atoms with van der Waals surface area (Å²) in [5.74, 6) is 1.06. The van der Waals surface area contributed by atoms with E-state index in [4.69, 9.17) is 16.6 Å². The summed E-state index contributed by atoms with van der Waals surface area (Å²) < 4.78 is 16.6. The van der Waals surface area contributed by atoms with Crippen molar-refractivity contribution in [3.63, 3.8) is 0 Å². The summed E-state index contributed by atoms with van der Waals surface area (Å²) in [4.78, 5) is 29.5. The number of amides is 1. The molecule has 2 saturated heterocycles. The van der Waals surface area contributed by atoms with Gasteiger partial charge in [0.05, 0.1) is 24.5 Å². The van der Waals surface area contributed by atoms with Crippen molar-refractivity contribution in [2.75, 3.05) is 44.2 Å². The number of hydrogen-bond donors (Lipinski definition) is 2. The van der Waals surface area contributed by atoms with E-state index in [0.717, 1.165) is 103 Å². The van der Waals surface area contributed by atoms with Crippen LogP contribution in [0.2, 0.25) is 0 Å². The number of benzene rings is 2. The third kappa shape index (κ3) is 8.50. The Balaban J connectivity index is 0.828. The van der Waals surface area contributed by atoms with Gasteiger partial charge in [0.25, 0.3) is 5.91 Å². The minimum Gasteiger partial charge on any atom is -0.399 e. The number of hydrogen-bond acceptors (Lipinski definition) is 8. The normalized spacial score (nSPS) is 18.1. The molecule has 0 bridgehead atoms. The number of carbonyl (C=O) groups excluding carboxylic acids is 1. The molecule has 2 aromatic carbocycles. The van der Waals surface area contributed by atoms with Crippen LogP contribution in [-0.4, -0.2) is 79.1 Å². The molecule has 1 unspecified atom stereocenters. The number of nitrogen functional groups attached to an aromatic ring is 2. The number of likely N-dealkylation sites (tertiary alicyclic amines) is 2. The van der Waals surface area contributed by atoms with Crippen molar-refractivity contribution in [2.24, 2.45) is 0 Å². The highest BCUT2D eigenvalue weighted by molar-refractivity contribution is 5.94. The van der Waals surface area contributed by atoms with Crippen LogP contribution >= 0.6 is 0 Å². The van der Waals surface area contributed by atoms with Gasteiger partial charge in [0.2, 0.25) is 0 Å². The molecule has 10 nitrogen and oxygen atoms in total. The molecule has 1 atom stereocenters. The quantitative estimate of drug-likeness (QED) is 0.147. The van der Waals surface area contributed by atoms with Crippen molar-refractivity contribution in [1.29, 1.82) is 0 Å². The van der Waals surface area contributed by atoms with E-state index in [-0.39, 0.29) is 17.6 Å². The Morgan fingerprint density at radius 1 is 0.895 bits per heavy atom. The van der Waals surface area contributed by atoms with Crippen LogP contribution in [0.15, 0.2) is 84.7 Å². The van der Waals surface area contributed by atoms with E-state index >= 15 is 0 Å². The van der Waals surface area contributed by atoms with Crippen molar-refractivity contribution in [3.8, 4) is 11.1 Å². The third-order valence-electron chi connectivity index (χ3n) is 12.6. The molecule has 57 heavy (non-hydrogen) atoms. The van der Waals surface area contributed by atoms with Gasteiger partial charge >= 0.3 is 0 Å². The predicted octanol–water partition coefficient (Wildman–Crippen LogP) is 7.66. The van der Waals surface area contributed by atoms with Crippen LogP contribution < -0.4 is 11.5 Å². The number of nitrogens with zero attached hydrogens (tertiary/aromatic N) is 7. The molecule has 6 heterocycles. The lowest BCUT2D eigenvalue weighted by Crippen LogP contribution is -2.40. The molecule has 0 saturated carbocycles. The largest absolute Gasteiger partial charge is 0.399 e. The molecule has 296 valence electrons. The molecule has 0 aliphatic carbocycles. The van der Waals surface area contributed by atoms with Crippen molar-refractivity contribution in [3.05, 3.63) is 130 Å². The smallest absolute Gasteiger partial charge is 0.254 e. The fourth-order valence-corrected chi connectivity index (χ4v) is 9.00. The van der Waals surface area contributed by atoms with Crippen LogP contribution in [0.1, 0.15) is 95.5 Å². The molecule has 3 aromatic heterocycles. The fourth-order valence-electron chi connectivity index (χ4n) is 9.00. The molecule has 1 amide bonds. The summed E-state index contributed by atoms with van der Waals surface area (Å²) in [6, 6.07) is 21.8. The number of aromatic nitrogens is 4. The maximum absolute atomic E-state index is 14.5. The fraction of sp³-hybridized carbons (Fsp3) is 0.391. The molecule has 4 N–H and O–H groups in total. The molecule has 3 aliphatic rings. The van der Waals surface area contributed by atoms with Gasteiger partial charge in [-0.3, -0.25) is 24.3 Å². The van der Waals surface area contributed by atoms with Gasteiger partial charge in [0.15, 0.2) is 0 Å². The summed E-state index contributed by atoms with van der Waals surface area (Å²) in [5.41, 5.74) is 22.5. The van der Waals surface area contributed by atoms with Gasteiger partial charge in [-0.1, -0.05) is 29.8 Å². The van der Waals surface area contributed by atoms with Gasteiger partial charge in [-0.2, -0.15) is 5.10 Å². The Morgan fingerprint density at radius 3 is 2.37 bits per heavy atom. The third-order valence-corrected chi connectivity index (χ3v) is 12.6. The van der Waals surface area contributed by atoms with Gasteiger partial charge in [0.1, 0.15) is 11.6 Å². The second-order valence-corrected chi connectivity index (χ2v) is 16.2. The standard InChI is InChI=1S/C46H54FN9O/c1-30(24-43-31(2)50-17-12-41(43)37-8-11-45(49)51-27-37)32(3)54-20-15-34(16-21-54)33-4-6-36(7-5-33)46(57)55-22-23-56-40(29-55)26-39(52-56)28-53-18-13-35(14-19-53)42-10-9-38(48)25-44(42)47/h4-12,17,24-27,32,34-35H,13-16,18-23,28-29,48H2,1-3H3,(H2,49,51)/b30-24+. The molecule has 0 radical (unpaired) electrons. The van der Waals surface area contributed by atoms with E-state index in [0.29, 0.717) is 43.1 Å². The molecule has 0 spiro atoms. The van der Waals surface area contributed by atoms with E-state index < -0.39 is 0 Å². The molecule has 5 aromatic rings. The molecule has 11 heteroatoms. The van der Waals surface area contributed by atoms with Crippen LogP contribution in [0, 0.1) is 12.7 Å². The van der Waals surface area contributed by atoms with Gasteiger partial charge in [-0.05, 0) is 150 Å². The SMILES string of the molecule is C/C(=C\c1c(-c2ccc(N)nc2)ccnc1C)C(C)N1CCC(c2ccc(C(=O)N3CCn4nc(CN5CCC(c6ccc(N)cc6F)CC5)cc4C3)cc2)CC1. The maximum atomic E-state index is 14.5. The summed E-state index contributed by atoms with van der Waals surface area (Å²) >= 11 is 0. The van der Waals surface area contributed by atoms with E-state index in [1.165, 1.54) is 17.2 Å². The number of fused-ring (bicyclic) bond motifs is 1. The minimum absolute atomic E-state index is 0.0677. The highest BCUT2D eigenvalue weighted by Crippen LogP contribution is 2.34. The van der Waals surface area contributed by atoms with Crippen LogP contribution in [0.4, 0.5) is 15.9 Å². The highest BCUT2D eigenvalue weighted by atomic mass is 19.1. The second kappa shape index (κ2) is 16.6. The number of rotatable bonds is 9. The van der Waals surface area contributed by atoms with Crippen LogP contribution in [0.25, 0.3) is 17.2 Å². The van der Waals surface area contributed by atoms with Crippen molar-refractivity contribution < 1.29 is 9.18 Å². The Labute approximate surface area is 335 Å². The number of pyridine rings is 2. The van der Waals surface area contributed by atoms with E-state index in [9.17, 15) is 9.18 Å². The zero-order valence-corrected chi connectivity index (χ0v) is 33.4. The Hall–Kier alpha value is -5.39. The van der Waals surface area contributed by atoms with E-state index in [2.05, 4.69) is 75.6 Å². The first-order valence-corrected chi connectivity index (χ1v) is 20.4.